The summed E-state index contributed by atoms with van der Waals surface area (Å²) in [7, 11) is -4.02. The number of benzene rings is 2. The van der Waals surface area contributed by atoms with Gasteiger partial charge in [0.15, 0.2) is 0 Å². The van der Waals surface area contributed by atoms with Gasteiger partial charge in [-0.1, -0.05) is 0 Å². The second kappa shape index (κ2) is 10.0. The fourth-order valence-corrected chi connectivity index (χ4v) is 3.86. The number of ether oxygens (including phenoxy) is 2. The maximum atomic E-state index is 12.4. The van der Waals surface area contributed by atoms with Crippen LogP contribution in [0.25, 0.3) is 11.3 Å². The van der Waals surface area contributed by atoms with Gasteiger partial charge in [-0.05, 0) is 61.5 Å². The van der Waals surface area contributed by atoms with Crippen molar-refractivity contribution in [2.75, 3.05) is 13.2 Å². The average molecular weight is 483 g/mol. The number of hydrogen-bond acceptors (Lipinski definition) is 6. The lowest BCUT2D eigenvalue weighted by Crippen LogP contribution is -2.32. The summed E-state index contributed by atoms with van der Waals surface area (Å²) in [6.07, 6.45) is -4.88. The highest BCUT2D eigenvalue weighted by molar-refractivity contribution is 7.89. The summed E-state index contributed by atoms with van der Waals surface area (Å²) in [5.74, 6) is 0.158. The minimum Gasteiger partial charge on any atom is -0.494 e. The van der Waals surface area contributed by atoms with Crippen LogP contribution in [-0.4, -0.2) is 37.7 Å². The predicted molar refractivity (Wildman–Crippen MR) is 113 cm³/mol. The van der Waals surface area contributed by atoms with Crippen LogP contribution in [-0.2, 0) is 16.6 Å². The van der Waals surface area contributed by atoms with Crippen molar-refractivity contribution in [1.82, 2.24) is 14.5 Å². The van der Waals surface area contributed by atoms with Crippen LogP contribution in [0.4, 0.5) is 13.2 Å². The molecule has 0 radical (unpaired) electrons. The number of rotatable bonds is 9. The van der Waals surface area contributed by atoms with E-state index in [0.717, 1.165) is 34.5 Å². The van der Waals surface area contributed by atoms with E-state index >= 15 is 0 Å². The van der Waals surface area contributed by atoms with Crippen molar-refractivity contribution in [3.63, 3.8) is 0 Å². The van der Waals surface area contributed by atoms with Gasteiger partial charge in [-0.3, -0.25) is 4.79 Å². The maximum Gasteiger partial charge on any atom is 0.573 e. The zero-order valence-corrected chi connectivity index (χ0v) is 18.2. The number of hydrogen-bond donors (Lipinski definition) is 1. The molecule has 1 aromatic heterocycles. The van der Waals surface area contributed by atoms with E-state index in [2.05, 4.69) is 14.6 Å². The standard InChI is InChI=1S/C21H20F3N3O5S/c1-2-31-16-5-3-15(4-6-16)19-11-12-20(28)27(26-19)14-13-25-33(29,30)18-9-7-17(8-10-18)32-21(22,23)24/h3-12,25H,2,13-14H2,1H3. The van der Waals surface area contributed by atoms with Crippen LogP contribution in [0.3, 0.4) is 0 Å². The Kier molecular flexibility index (Phi) is 7.39. The lowest BCUT2D eigenvalue weighted by molar-refractivity contribution is -0.274. The van der Waals surface area contributed by atoms with Gasteiger partial charge in [-0.25, -0.2) is 17.8 Å². The zero-order valence-electron chi connectivity index (χ0n) is 17.4. The van der Waals surface area contributed by atoms with Crippen LogP contribution in [0.5, 0.6) is 11.5 Å². The van der Waals surface area contributed by atoms with Gasteiger partial charge in [-0.2, -0.15) is 5.10 Å². The molecule has 0 saturated heterocycles. The van der Waals surface area contributed by atoms with E-state index < -0.39 is 27.7 Å². The summed E-state index contributed by atoms with van der Waals surface area (Å²) in [6.45, 7) is 2.18. The first kappa shape index (κ1) is 24.3. The third kappa shape index (κ3) is 6.80. The van der Waals surface area contributed by atoms with Crippen molar-refractivity contribution in [3.05, 3.63) is 71.0 Å². The minimum absolute atomic E-state index is 0.0573. The Morgan fingerprint density at radius 1 is 0.970 bits per heavy atom. The fraction of sp³-hybridized carbons (Fsp3) is 0.238. The molecule has 8 nitrogen and oxygen atoms in total. The summed E-state index contributed by atoms with van der Waals surface area (Å²) in [6, 6.07) is 13.8. The van der Waals surface area contributed by atoms with Crippen LogP contribution >= 0.6 is 0 Å². The number of nitrogens with zero attached hydrogens (tertiary/aromatic N) is 2. The first-order chi connectivity index (χ1) is 15.6. The van der Waals surface area contributed by atoms with Crippen molar-refractivity contribution in [2.45, 2.75) is 24.7 Å². The lowest BCUT2D eigenvalue weighted by atomic mass is 10.1. The summed E-state index contributed by atoms with van der Waals surface area (Å²) in [5.41, 5.74) is 0.840. The topological polar surface area (TPSA) is 99.5 Å². The van der Waals surface area contributed by atoms with Gasteiger partial charge in [0.2, 0.25) is 10.0 Å². The molecule has 1 heterocycles. The van der Waals surface area contributed by atoms with Crippen molar-refractivity contribution in [3.8, 4) is 22.8 Å². The molecule has 3 aromatic rings. The van der Waals surface area contributed by atoms with Gasteiger partial charge in [0.25, 0.3) is 5.56 Å². The number of halogens is 3. The number of nitrogens with one attached hydrogen (secondary N) is 1. The molecule has 0 amide bonds. The molecule has 1 N–H and O–H groups in total. The van der Waals surface area contributed by atoms with Crippen molar-refractivity contribution in [2.24, 2.45) is 0 Å². The molecule has 0 fully saturated rings. The highest BCUT2D eigenvalue weighted by Crippen LogP contribution is 2.24. The Hall–Kier alpha value is -3.38. The second-order valence-corrected chi connectivity index (χ2v) is 8.42. The van der Waals surface area contributed by atoms with Gasteiger partial charge in [0, 0.05) is 18.2 Å². The molecule has 3 rings (SSSR count). The van der Waals surface area contributed by atoms with Crippen LogP contribution in [0.2, 0.25) is 0 Å². The van der Waals surface area contributed by atoms with Crippen molar-refractivity contribution >= 4 is 10.0 Å². The summed E-state index contributed by atoms with van der Waals surface area (Å²) >= 11 is 0. The highest BCUT2D eigenvalue weighted by atomic mass is 32.2. The van der Waals surface area contributed by atoms with E-state index in [1.165, 1.54) is 6.07 Å². The molecule has 0 bridgehead atoms. The van der Waals surface area contributed by atoms with E-state index in [9.17, 15) is 26.4 Å². The first-order valence-electron chi connectivity index (χ1n) is 9.74. The lowest BCUT2D eigenvalue weighted by Gasteiger charge is -2.11. The van der Waals surface area contributed by atoms with E-state index in [-0.39, 0.29) is 18.0 Å². The van der Waals surface area contributed by atoms with Gasteiger partial charge in [0.1, 0.15) is 11.5 Å². The first-order valence-corrected chi connectivity index (χ1v) is 11.2. The molecule has 2 aromatic carbocycles. The van der Waals surface area contributed by atoms with E-state index in [0.29, 0.717) is 18.1 Å². The van der Waals surface area contributed by atoms with E-state index in [1.54, 1.807) is 30.3 Å². The molecule has 0 spiro atoms. The van der Waals surface area contributed by atoms with Crippen LogP contribution in [0, 0.1) is 0 Å². The Balaban J connectivity index is 1.66. The molecule has 176 valence electrons. The highest BCUT2D eigenvalue weighted by Gasteiger charge is 2.31. The van der Waals surface area contributed by atoms with Crippen LogP contribution in [0.1, 0.15) is 6.92 Å². The average Bonchev–Trinajstić information content (AvgIpc) is 2.75. The summed E-state index contributed by atoms with van der Waals surface area (Å²) in [5, 5.41) is 4.26. The Bertz CT molecular complexity index is 1240. The van der Waals surface area contributed by atoms with Gasteiger partial charge < -0.3 is 9.47 Å². The van der Waals surface area contributed by atoms with Gasteiger partial charge >= 0.3 is 6.36 Å². The SMILES string of the molecule is CCOc1ccc(-c2ccc(=O)n(CCNS(=O)(=O)c3ccc(OC(F)(F)F)cc3)n2)cc1. The third-order valence-corrected chi connectivity index (χ3v) is 5.79. The molecular weight excluding hydrogens is 463 g/mol. The van der Waals surface area contributed by atoms with Gasteiger partial charge in [-0.15, -0.1) is 13.2 Å². The summed E-state index contributed by atoms with van der Waals surface area (Å²) in [4.78, 5) is 11.9. The Labute approximate surface area is 187 Å². The normalized spacial score (nSPS) is 11.9. The maximum absolute atomic E-state index is 12.4. The minimum atomic E-state index is -4.88. The number of aromatic nitrogens is 2. The molecule has 0 aliphatic heterocycles. The van der Waals surface area contributed by atoms with Crippen molar-refractivity contribution in [1.29, 1.82) is 0 Å². The molecule has 0 aliphatic carbocycles. The van der Waals surface area contributed by atoms with Gasteiger partial charge in [0.05, 0.1) is 23.7 Å². The van der Waals surface area contributed by atoms with Crippen LogP contribution in [0.15, 0.2) is 70.4 Å². The largest absolute Gasteiger partial charge is 0.573 e. The smallest absolute Gasteiger partial charge is 0.494 e. The molecule has 0 unspecified atom stereocenters. The van der Waals surface area contributed by atoms with Crippen LogP contribution < -0.4 is 19.8 Å². The monoisotopic (exact) mass is 483 g/mol. The Morgan fingerprint density at radius 2 is 1.61 bits per heavy atom. The quantitative estimate of drug-likeness (QED) is 0.502. The Morgan fingerprint density at radius 3 is 2.21 bits per heavy atom. The number of alkyl halides is 3. The molecule has 0 atom stereocenters. The third-order valence-electron chi connectivity index (χ3n) is 4.31. The molecule has 33 heavy (non-hydrogen) atoms. The number of sulfonamides is 1. The zero-order chi connectivity index (χ0) is 24.1. The van der Waals surface area contributed by atoms with E-state index in [4.69, 9.17) is 4.74 Å². The predicted octanol–water partition coefficient (Wildman–Crippen LogP) is 3.19. The molecular formula is C21H20F3N3O5S. The second-order valence-electron chi connectivity index (χ2n) is 6.65. The molecule has 0 aliphatic rings. The van der Waals surface area contributed by atoms with E-state index in [1.807, 2.05) is 6.92 Å². The molecule has 12 heteroatoms. The molecule has 0 saturated carbocycles. The fourth-order valence-electron chi connectivity index (χ4n) is 2.84. The summed E-state index contributed by atoms with van der Waals surface area (Å²) < 4.78 is 74.0. The van der Waals surface area contributed by atoms with Crippen molar-refractivity contribution < 1.29 is 31.1 Å².